The van der Waals surface area contributed by atoms with Gasteiger partial charge in [0.15, 0.2) is 0 Å². The average molecular weight is 297 g/mol. The van der Waals surface area contributed by atoms with Crippen LogP contribution >= 0.6 is 0 Å². The van der Waals surface area contributed by atoms with Crippen molar-refractivity contribution in [3.63, 3.8) is 0 Å². The Labute approximate surface area is 114 Å². The van der Waals surface area contributed by atoms with Crippen LogP contribution < -0.4 is 0 Å². The van der Waals surface area contributed by atoms with Crippen molar-refractivity contribution in [3.05, 3.63) is 83.9 Å². The van der Waals surface area contributed by atoms with Crippen molar-refractivity contribution in [2.75, 3.05) is 0 Å². The van der Waals surface area contributed by atoms with Gasteiger partial charge in [0.25, 0.3) is 0 Å². The summed E-state index contributed by atoms with van der Waals surface area (Å²) in [7, 11) is 0. The Bertz CT molecular complexity index is 526. The van der Waals surface area contributed by atoms with Crippen LogP contribution in [0.15, 0.2) is 72.8 Å². The Morgan fingerprint density at radius 3 is 1.50 bits per heavy atom. The van der Waals surface area contributed by atoms with Crippen LogP contribution in [0.1, 0.15) is 17.5 Å². The molecular weight excluding hydrogens is 283 g/mol. The van der Waals surface area contributed by atoms with E-state index in [0.717, 1.165) is 6.42 Å². The number of hydrogen-bond donors (Lipinski definition) is 0. The molecule has 18 heavy (non-hydrogen) atoms. The fourth-order valence-electron chi connectivity index (χ4n) is 2.03. The van der Waals surface area contributed by atoms with Gasteiger partial charge in [-0.2, -0.15) is 0 Å². The molecule has 0 N–H and O–H groups in total. The summed E-state index contributed by atoms with van der Waals surface area (Å²) < 4.78 is 3.01. The van der Waals surface area contributed by atoms with Crippen molar-refractivity contribution in [2.45, 2.75) is 6.42 Å². The fraction of sp³-hybridized carbons (Fsp3) is 0.0588. The molecule has 1 aliphatic rings. The SMILES string of the molecule is C1=C(c2ccccc2)[Se]C(c2ccccc2)=CC1. The van der Waals surface area contributed by atoms with E-state index in [2.05, 4.69) is 72.8 Å². The molecule has 0 unspecified atom stereocenters. The Morgan fingerprint density at radius 2 is 1.06 bits per heavy atom. The van der Waals surface area contributed by atoms with Crippen molar-refractivity contribution in [1.82, 2.24) is 0 Å². The molecule has 0 nitrogen and oxygen atoms in total. The third-order valence-corrected chi connectivity index (χ3v) is 5.55. The molecule has 0 bridgehead atoms. The van der Waals surface area contributed by atoms with Crippen LogP contribution in [0.4, 0.5) is 0 Å². The summed E-state index contributed by atoms with van der Waals surface area (Å²) in [5.74, 6) is 0. The molecule has 0 amide bonds. The summed E-state index contributed by atoms with van der Waals surface area (Å²) in [5, 5.41) is 0. The van der Waals surface area contributed by atoms with Gasteiger partial charge >= 0.3 is 114 Å². The van der Waals surface area contributed by atoms with Gasteiger partial charge in [0.1, 0.15) is 0 Å². The molecule has 0 fully saturated rings. The molecule has 1 aliphatic heterocycles. The summed E-state index contributed by atoms with van der Waals surface area (Å²) in [5.41, 5.74) is 2.75. The van der Waals surface area contributed by atoms with E-state index in [-0.39, 0.29) is 0 Å². The van der Waals surface area contributed by atoms with Gasteiger partial charge in [-0.05, 0) is 0 Å². The van der Waals surface area contributed by atoms with Crippen molar-refractivity contribution in [3.8, 4) is 0 Å². The third-order valence-electron chi connectivity index (χ3n) is 2.94. The Balaban J connectivity index is 1.85. The molecule has 2 aromatic rings. The molecule has 0 atom stereocenters. The van der Waals surface area contributed by atoms with E-state index in [1.165, 1.54) is 20.1 Å². The molecule has 3 rings (SSSR count). The van der Waals surface area contributed by atoms with E-state index in [0.29, 0.717) is 15.0 Å². The van der Waals surface area contributed by atoms with Crippen molar-refractivity contribution < 1.29 is 0 Å². The maximum atomic E-state index is 2.36. The van der Waals surface area contributed by atoms with Gasteiger partial charge in [-0.3, -0.25) is 0 Å². The van der Waals surface area contributed by atoms with Gasteiger partial charge in [0.05, 0.1) is 0 Å². The van der Waals surface area contributed by atoms with E-state index in [1.54, 1.807) is 0 Å². The minimum absolute atomic E-state index is 0.418. The molecule has 1 heteroatoms. The Kier molecular flexibility index (Phi) is 3.45. The van der Waals surface area contributed by atoms with Crippen LogP contribution in [0, 0.1) is 0 Å². The second-order valence-electron chi connectivity index (χ2n) is 4.21. The molecule has 1 heterocycles. The van der Waals surface area contributed by atoms with E-state index in [9.17, 15) is 0 Å². The summed E-state index contributed by atoms with van der Waals surface area (Å²) in [6.45, 7) is 0. The monoisotopic (exact) mass is 298 g/mol. The van der Waals surface area contributed by atoms with Gasteiger partial charge in [0.2, 0.25) is 0 Å². The summed E-state index contributed by atoms with van der Waals surface area (Å²) in [6, 6.07) is 21.5. The first-order valence-electron chi connectivity index (χ1n) is 6.12. The number of rotatable bonds is 2. The first-order valence-corrected chi connectivity index (χ1v) is 7.84. The van der Waals surface area contributed by atoms with Gasteiger partial charge in [-0.1, -0.05) is 0 Å². The fourth-order valence-corrected chi connectivity index (χ4v) is 4.35. The third kappa shape index (κ3) is 2.48. The number of hydrogen-bond acceptors (Lipinski definition) is 0. The van der Waals surface area contributed by atoms with E-state index < -0.39 is 0 Å². The molecule has 0 aliphatic carbocycles. The molecule has 0 radical (unpaired) electrons. The minimum atomic E-state index is 0.418. The quantitative estimate of drug-likeness (QED) is 0.730. The van der Waals surface area contributed by atoms with E-state index >= 15 is 0 Å². The second-order valence-corrected chi connectivity index (χ2v) is 6.48. The summed E-state index contributed by atoms with van der Waals surface area (Å²) in [6.07, 6.45) is 5.78. The van der Waals surface area contributed by atoms with Crippen LogP contribution in [0.5, 0.6) is 0 Å². The molecular formula is C17H14Se. The van der Waals surface area contributed by atoms with Crippen molar-refractivity contribution >= 4 is 23.9 Å². The van der Waals surface area contributed by atoms with Crippen LogP contribution in [-0.4, -0.2) is 15.0 Å². The zero-order valence-electron chi connectivity index (χ0n) is 10.0. The van der Waals surface area contributed by atoms with Gasteiger partial charge in [0, 0.05) is 0 Å². The molecule has 0 saturated carbocycles. The number of allylic oxidation sites excluding steroid dienone is 2. The van der Waals surface area contributed by atoms with Gasteiger partial charge < -0.3 is 0 Å². The first-order chi connectivity index (χ1) is 8.93. The zero-order valence-corrected chi connectivity index (χ0v) is 11.8. The first kappa shape index (κ1) is 11.5. The van der Waals surface area contributed by atoms with Crippen LogP contribution in [0.25, 0.3) is 8.94 Å². The summed E-state index contributed by atoms with van der Waals surface area (Å²) >= 11 is 0.418. The molecule has 0 spiro atoms. The topological polar surface area (TPSA) is 0 Å². The summed E-state index contributed by atoms with van der Waals surface area (Å²) in [4.78, 5) is 0. The molecule has 88 valence electrons. The predicted octanol–water partition coefficient (Wildman–Crippen LogP) is 4.18. The maximum absolute atomic E-state index is 2.36. The predicted molar refractivity (Wildman–Crippen MR) is 79.2 cm³/mol. The zero-order chi connectivity index (χ0) is 12.2. The van der Waals surface area contributed by atoms with E-state index in [4.69, 9.17) is 0 Å². The van der Waals surface area contributed by atoms with Gasteiger partial charge in [-0.25, -0.2) is 0 Å². The normalized spacial score (nSPS) is 14.9. The van der Waals surface area contributed by atoms with E-state index in [1.807, 2.05) is 0 Å². The Morgan fingerprint density at radius 1 is 0.611 bits per heavy atom. The standard InChI is InChI=1S/C17H14Se/c1-3-8-14(9-4-1)16-12-7-13-17(18-16)15-10-5-2-6-11-15/h1-6,8-13H,7H2. The van der Waals surface area contributed by atoms with Crippen molar-refractivity contribution in [1.29, 1.82) is 0 Å². The second kappa shape index (κ2) is 5.39. The average Bonchev–Trinajstić information content (AvgIpc) is 2.49. The van der Waals surface area contributed by atoms with Crippen LogP contribution in [0.2, 0.25) is 0 Å². The number of benzene rings is 2. The molecule has 0 saturated heterocycles. The molecule has 0 aromatic heterocycles. The van der Waals surface area contributed by atoms with Crippen LogP contribution in [0.3, 0.4) is 0 Å². The molecule has 2 aromatic carbocycles. The van der Waals surface area contributed by atoms with Crippen LogP contribution in [-0.2, 0) is 0 Å². The Hall–Kier alpha value is -1.56. The van der Waals surface area contributed by atoms with Gasteiger partial charge in [-0.15, -0.1) is 0 Å². The van der Waals surface area contributed by atoms with Crippen molar-refractivity contribution in [2.24, 2.45) is 0 Å².